The maximum atomic E-state index is 10.8. The molecule has 0 aromatic heterocycles. The number of rotatable bonds is 3. The molecule has 1 N–H and O–H groups in total. The number of carboxylic acid groups (broad SMARTS) is 1. The molecule has 1 spiro atoms. The van der Waals surface area contributed by atoms with Gasteiger partial charge in [0.05, 0.1) is 6.54 Å². The van der Waals surface area contributed by atoms with Crippen molar-refractivity contribution in [3.05, 3.63) is 0 Å². The van der Waals surface area contributed by atoms with Gasteiger partial charge >= 0.3 is 5.97 Å². The van der Waals surface area contributed by atoms with Gasteiger partial charge in [0.25, 0.3) is 0 Å². The highest BCUT2D eigenvalue weighted by Crippen LogP contribution is 2.37. The Morgan fingerprint density at radius 3 is 2.50 bits per heavy atom. The number of carbonyl (C=O) groups is 1. The summed E-state index contributed by atoms with van der Waals surface area (Å²) in [5, 5.41) is 8.93. The lowest BCUT2D eigenvalue weighted by atomic mass is 9.85. The van der Waals surface area contributed by atoms with E-state index in [1.54, 1.807) is 0 Å². The molecule has 0 amide bonds. The molecule has 0 atom stereocenters. The van der Waals surface area contributed by atoms with Crippen molar-refractivity contribution in [1.82, 2.24) is 9.80 Å². The largest absolute Gasteiger partial charge is 0.480 e. The topological polar surface area (TPSA) is 43.8 Å². The number of aliphatic carboxylic acids is 1. The van der Waals surface area contributed by atoms with Gasteiger partial charge in [0.1, 0.15) is 0 Å². The first-order valence-electron chi connectivity index (χ1n) is 6.35. The van der Waals surface area contributed by atoms with Crippen LogP contribution >= 0.6 is 0 Å². The van der Waals surface area contributed by atoms with Gasteiger partial charge in [0.15, 0.2) is 0 Å². The molecule has 2 saturated heterocycles. The second-order valence-corrected chi connectivity index (χ2v) is 5.08. The molecule has 0 bridgehead atoms. The van der Waals surface area contributed by atoms with E-state index < -0.39 is 5.97 Å². The molecule has 0 aromatic carbocycles. The summed E-state index contributed by atoms with van der Waals surface area (Å²) in [5.41, 5.74) is 0.212. The van der Waals surface area contributed by atoms with Gasteiger partial charge in [-0.15, -0.1) is 0 Å². The number of carboxylic acids is 1. The summed E-state index contributed by atoms with van der Waals surface area (Å²) in [6, 6.07) is 0. The fraction of sp³-hybridized carbons (Fsp3) is 0.917. The van der Waals surface area contributed by atoms with Crippen molar-refractivity contribution in [2.45, 2.75) is 38.1 Å². The lowest BCUT2D eigenvalue weighted by Gasteiger charge is -2.44. The highest BCUT2D eigenvalue weighted by Gasteiger charge is 2.43. The second kappa shape index (κ2) is 4.72. The number of hydrogen-bond donors (Lipinski definition) is 1. The van der Waals surface area contributed by atoms with Gasteiger partial charge in [0, 0.05) is 5.54 Å². The Kier molecular flexibility index (Phi) is 3.50. The Labute approximate surface area is 97.2 Å². The quantitative estimate of drug-likeness (QED) is 0.780. The van der Waals surface area contributed by atoms with Gasteiger partial charge in [-0.2, -0.15) is 0 Å². The molecule has 2 aliphatic rings. The van der Waals surface area contributed by atoms with Crippen LogP contribution < -0.4 is 0 Å². The molecule has 0 saturated carbocycles. The Morgan fingerprint density at radius 1 is 1.25 bits per heavy atom. The number of nitrogens with zero attached hydrogens (tertiary/aromatic N) is 2. The molecule has 92 valence electrons. The van der Waals surface area contributed by atoms with E-state index in [0.29, 0.717) is 0 Å². The zero-order chi connectivity index (χ0) is 11.6. The molecule has 4 heteroatoms. The molecule has 2 heterocycles. The first kappa shape index (κ1) is 11.9. The van der Waals surface area contributed by atoms with Crippen LogP contribution in [0.5, 0.6) is 0 Å². The molecular weight excluding hydrogens is 204 g/mol. The summed E-state index contributed by atoms with van der Waals surface area (Å²) in [6.45, 7) is 6.78. The van der Waals surface area contributed by atoms with E-state index in [2.05, 4.69) is 16.7 Å². The van der Waals surface area contributed by atoms with E-state index >= 15 is 0 Å². The Morgan fingerprint density at radius 2 is 1.94 bits per heavy atom. The second-order valence-electron chi connectivity index (χ2n) is 5.08. The standard InChI is InChI=1S/C12H22N2O2/c1-2-13-8-5-12(6-9-13)4-3-7-14(12)10-11(15)16/h2-10H2,1H3,(H,15,16). The van der Waals surface area contributed by atoms with Gasteiger partial charge in [-0.3, -0.25) is 9.69 Å². The average molecular weight is 226 g/mol. The van der Waals surface area contributed by atoms with Gasteiger partial charge in [-0.05, 0) is 51.9 Å². The van der Waals surface area contributed by atoms with Crippen molar-refractivity contribution in [3.63, 3.8) is 0 Å². The zero-order valence-corrected chi connectivity index (χ0v) is 10.1. The highest BCUT2D eigenvalue weighted by atomic mass is 16.4. The van der Waals surface area contributed by atoms with Crippen molar-refractivity contribution in [1.29, 1.82) is 0 Å². The third-order valence-electron chi connectivity index (χ3n) is 4.30. The lowest BCUT2D eigenvalue weighted by Crippen LogP contribution is -2.53. The number of hydrogen-bond acceptors (Lipinski definition) is 3. The normalized spacial score (nSPS) is 26.3. The van der Waals surface area contributed by atoms with E-state index in [0.717, 1.165) is 39.0 Å². The van der Waals surface area contributed by atoms with Crippen molar-refractivity contribution in [2.75, 3.05) is 32.7 Å². The third-order valence-corrected chi connectivity index (χ3v) is 4.30. The minimum absolute atomic E-state index is 0.212. The van der Waals surface area contributed by atoms with Crippen LogP contribution in [-0.4, -0.2) is 59.1 Å². The smallest absolute Gasteiger partial charge is 0.317 e. The number of likely N-dealkylation sites (tertiary alicyclic amines) is 2. The van der Waals surface area contributed by atoms with Crippen LogP contribution in [0, 0.1) is 0 Å². The van der Waals surface area contributed by atoms with Crippen molar-refractivity contribution in [3.8, 4) is 0 Å². The Hall–Kier alpha value is -0.610. The van der Waals surface area contributed by atoms with E-state index in [1.807, 2.05) is 0 Å². The number of piperidine rings is 1. The predicted octanol–water partition coefficient (Wildman–Crippen LogP) is 1.02. The van der Waals surface area contributed by atoms with Crippen molar-refractivity contribution >= 4 is 5.97 Å². The molecule has 0 aromatic rings. The minimum Gasteiger partial charge on any atom is -0.480 e. The van der Waals surface area contributed by atoms with Gasteiger partial charge in [-0.25, -0.2) is 0 Å². The summed E-state index contributed by atoms with van der Waals surface area (Å²) in [5.74, 6) is -0.681. The SMILES string of the molecule is CCN1CCC2(CCCN2CC(=O)O)CC1. The van der Waals surface area contributed by atoms with Crippen LogP contribution in [0.2, 0.25) is 0 Å². The zero-order valence-electron chi connectivity index (χ0n) is 10.1. The van der Waals surface area contributed by atoms with Crippen LogP contribution in [0.1, 0.15) is 32.6 Å². The van der Waals surface area contributed by atoms with E-state index in [-0.39, 0.29) is 12.1 Å². The highest BCUT2D eigenvalue weighted by molar-refractivity contribution is 5.69. The van der Waals surface area contributed by atoms with Gasteiger partial charge in [-0.1, -0.05) is 6.92 Å². The summed E-state index contributed by atoms with van der Waals surface area (Å²) in [7, 11) is 0. The monoisotopic (exact) mass is 226 g/mol. The van der Waals surface area contributed by atoms with Crippen LogP contribution in [0.25, 0.3) is 0 Å². The van der Waals surface area contributed by atoms with Crippen LogP contribution in [0.15, 0.2) is 0 Å². The fourth-order valence-corrected chi connectivity index (χ4v) is 3.26. The maximum Gasteiger partial charge on any atom is 0.317 e. The first-order valence-corrected chi connectivity index (χ1v) is 6.35. The van der Waals surface area contributed by atoms with Crippen LogP contribution in [0.4, 0.5) is 0 Å². The molecule has 16 heavy (non-hydrogen) atoms. The van der Waals surface area contributed by atoms with E-state index in [4.69, 9.17) is 5.11 Å². The molecule has 2 rings (SSSR count). The maximum absolute atomic E-state index is 10.8. The lowest BCUT2D eigenvalue weighted by molar-refractivity contribution is -0.140. The summed E-state index contributed by atoms with van der Waals surface area (Å²) < 4.78 is 0. The summed E-state index contributed by atoms with van der Waals surface area (Å²) in [4.78, 5) is 15.5. The van der Waals surface area contributed by atoms with E-state index in [1.165, 1.54) is 12.8 Å². The molecule has 0 radical (unpaired) electrons. The molecule has 0 aliphatic carbocycles. The summed E-state index contributed by atoms with van der Waals surface area (Å²) >= 11 is 0. The first-order chi connectivity index (χ1) is 7.66. The Balaban J connectivity index is 1.98. The van der Waals surface area contributed by atoms with Gasteiger partial charge in [0.2, 0.25) is 0 Å². The molecule has 0 unspecified atom stereocenters. The predicted molar refractivity (Wildman–Crippen MR) is 62.5 cm³/mol. The molecule has 2 fully saturated rings. The van der Waals surface area contributed by atoms with Crippen LogP contribution in [0.3, 0.4) is 0 Å². The van der Waals surface area contributed by atoms with Gasteiger partial charge < -0.3 is 10.0 Å². The Bertz CT molecular complexity index is 260. The molecule has 4 nitrogen and oxygen atoms in total. The molecular formula is C12H22N2O2. The average Bonchev–Trinajstić information content (AvgIpc) is 2.62. The minimum atomic E-state index is -0.681. The van der Waals surface area contributed by atoms with Crippen LogP contribution in [-0.2, 0) is 4.79 Å². The summed E-state index contributed by atoms with van der Waals surface area (Å²) in [6.07, 6.45) is 4.65. The molecule has 2 aliphatic heterocycles. The van der Waals surface area contributed by atoms with Crippen molar-refractivity contribution in [2.24, 2.45) is 0 Å². The third kappa shape index (κ3) is 2.23. The van der Waals surface area contributed by atoms with E-state index in [9.17, 15) is 4.79 Å². The fourth-order valence-electron chi connectivity index (χ4n) is 3.26. The van der Waals surface area contributed by atoms with Crippen molar-refractivity contribution < 1.29 is 9.90 Å².